The summed E-state index contributed by atoms with van der Waals surface area (Å²) in [7, 11) is 0. The van der Waals surface area contributed by atoms with Crippen LogP contribution in [0, 0.1) is 5.82 Å². The Hall–Kier alpha value is -1.61. The molecular formula is C16H15FOS. The first-order valence-corrected chi connectivity index (χ1v) is 7.21. The predicted molar refractivity (Wildman–Crippen MR) is 77.1 cm³/mol. The molecule has 0 aliphatic carbocycles. The summed E-state index contributed by atoms with van der Waals surface area (Å²) in [5.74, 6) is 0.827. The number of benzene rings is 2. The SMILES string of the molecule is O=C(CCCSc1ccc(F)cc1)c1ccccc1. The van der Waals surface area contributed by atoms with E-state index in [-0.39, 0.29) is 11.6 Å². The fourth-order valence-electron chi connectivity index (χ4n) is 1.72. The maximum absolute atomic E-state index is 12.7. The zero-order valence-electron chi connectivity index (χ0n) is 10.5. The number of rotatable bonds is 6. The van der Waals surface area contributed by atoms with Gasteiger partial charge in [-0.2, -0.15) is 0 Å². The second kappa shape index (κ2) is 7.10. The molecule has 0 aromatic heterocycles. The minimum atomic E-state index is -0.219. The molecule has 0 saturated carbocycles. The molecule has 3 heteroatoms. The second-order valence-corrected chi connectivity index (χ2v) is 5.36. The molecular weight excluding hydrogens is 259 g/mol. The van der Waals surface area contributed by atoms with Crippen LogP contribution in [0.15, 0.2) is 59.5 Å². The molecule has 19 heavy (non-hydrogen) atoms. The number of hydrogen-bond acceptors (Lipinski definition) is 2. The van der Waals surface area contributed by atoms with Gasteiger partial charge < -0.3 is 0 Å². The summed E-state index contributed by atoms with van der Waals surface area (Å²) in [6.45, 7) is 0. The average molecular weight is 274 g/mol. The summed E-state index contributed by atoms with van der Waals surface area (Å²) in [5.41, 5.74) is 0.772. The minimum Gasteiger partial charge on any atom is -0.294 e. The summed E-state index contributed by atoms with van der Waals surface area (Å²) in [4.78, 5) is 12.9. The molecule has 0 aliphatic heterocycles. The number of Topliss-reactive ketones (excluding diaryl/α,β-unsaturated/α-hetero) is 1. The van der Waals surface area contributed by atoms with Crippen molar-refractivity contribution < 1.29 is 9.18 Å². The molecule has 2 aromatic carbocycles. The molecule has 98 valence electrons. The van der Waals surface area contributed by atoms with Crippen LogP contribution in [-0.2, 0) is 0 Å². The van der Waals surface area contributed by atoms with Crippen LogP contribution in [-0.4, -0.2) is 11.5 Å². The van der Waals surface area contributed by atoms with Crippen LogP contribution in [0.5, 0.6) is 0 Å². The summed E-state index contributed by atoms with van der Waals surface area (Å²) in [6.07, 6.45) is 1.38. The van der Waals surface area contributed by atoms with Crippen LogP contribution in [0.1, 0.15) is 23.2 Å². The Morgan fingerprint density at radius 3 is 2.37 bits per heavy atom. The highest BCUT2D eigenvalue weighted by Gasteiger charge is 2.04. The molecule has 0 radical (unpaired) electrons. The highest BCUT2D eigenvalue weighted by atomic mass is 32.2. The highest BCUT2D eigenvalue weighted by Crippen LogP contribution is 2.19. The quantitative estimate of drug-likeness (QED) is 0.435. The van der Waals surface area contributed by atoms with Gasteiger partial charge in [0, 0.05) is 16.9 Å². The van der Waals surface area contributed by atoms with Gasteiger partial charge in [0.25, 0.3) is 0 Å². The Balaban J connectivity index is 1.72. The number of ketones is 1. The van der Waals surface area contributed by atoms with Crippen LogP contribution >= 0.6 is 11.8 Å². The standard InChI is InChI=1S/C16H15FOS/c17-14-8-10-15(11-9-14)19-12-4-7-16(18)13-5-2-1-3-6-13/h1-3,5-6,8-11H,4,7,12H2. The summed E-state index contributed by atoms with van der Waals surface area (Å²) >= 11 is 1.65. The van der Waals surface area contributed by atoms with Crippen LogP contribution in [0.2, 0.25) is 0 Å². The van der Waals surface area contributed by atoms with Gasteiger partial charge in [0.2, 0.25) is 0 Å². The van der Waals surface area contributed by atoms with Gasteiger partial charge in [-0.05, 0) is 36.4 Å². The Bertz CT molecular complexity index is 522. The monoisotopic (exact) mass is 274 g/mol. The van der Waals surface area contributed by atoms with Crippen molar-refractivity contribution in [3.05, 3.63) is 66.0 Å². The third-order valence-corrected chi connectivity index (χ3v) is 3.82. The lowest BCUT2D eigenvalue weighted by molar-refractivity contribution is 0.0982. The molecule has 0 saturated heterocycles. The minimum absolute atomic E-state index is 0.181. The summed E-state index contributed by atoms with van der Waals surface area (Å²) < 4.78 is 12.7. The number of carbonyl (C=O) groups excluding carboxylic acids is 1. The normalized spacial score (nSPS) is 10.4. The van der Waals surface area contributed by atoms with Gasteiger partial charge in [-0.15, -0.1) is 11.8 Å². The van der Waals surface area contributed by atoms with Crippen molar-refractivity contribution in [1.82, 2.24) is 0 Å². The first-order chi connectivity index (χ1) is 9.25. The fourth-order valence-corrected chi connectivity index (χ4v) is 2.57. The van der Waals surface area contributed by atoms with Crippen molar-refractivity contribution in [2.75, 3.05) is 5.75 Å². The second-order valence-electron chi connectivity index (χ2n) is 4.20. The maximum Gasteiger partial charge on any atom is 0.162 e. The van der Waals surface area contributed by atoms with E-state index < -0.39 is 0 Å². The largest absolute Gasteiger partial charge is 0.294 e. The Morgan fingerprint density at radius 1 is 1.00 bits per heavy atom. The summed E-state index contributed by atoms with van der Waals surface area (Å²) in [6, 6.07) is 15.8. The van der Waals surface area contributed by atoms with E-state index >= 15 is 0 Å². The van der Waals surface area contributed by atoms with Crippen molar-refractivity contribution >= 4 is 17.5 Å². The molecule has 2 rings (SSSR count). The predicted octanol–water partition coefficient (Wildman–Crippen LogP) is 4.58. The average Bonchev–Trinajstić information content (AvgIpc) is 2.46. The smallest absolute Gasteiger partial charge is 0.162 e. The maximum atomic E-state index is 12.7. The Morgan fingerprint density at radius 2 is 1.68 bits per heavy atom. The molecule has 0 N–H and O–H groups in total. The van der Waals surface area contributed by atoms with Gasteiger partial charge in [0.1, 0.15) is 5.82 Å². The zero-order valence-corrected chi connectivity index (χ0v) is 11.3. The van der Waals surface area contributed by atoms with Crippen LogP contribution in [0.4, 0.5) is 4.39 Å². The van der Waals surface area contributed by atoms with E-state index in [1.807, 2.05) is 30.3 Å². The number of hydrogen-bond donors (Lipinski definition) is 0. The van der Waals surface area contributed by atoms with Crippen molar-refractivity contribution in [2.24, 2.45) is 0 Å². The molecule has 0 spiro atoms. The van der Waals surface area contributed by atoms with Crippen LogP contribution in [0.3, 0.4) is 0 Å². The molecule has 0 amide bonds. The molecule has 0 atom stereocenters. The van der Waals surface area contributed by atoms with Crippen molar-refractivity contribution in [3.63, 3.8) is 0 Å². The van der Waals surface area contributed by atoms with Crippen molar-refractivity contribution in [3.8, 4) is 0 Å². The first kappa shape index (κ1) is 13.8. The molecule has 0 aliphatic rings. The van der Waals surface area contributed by atoms with E-state index in [1.54, 1.807) is 23.9 Å². The molecule has 0 bridgehead atoms. The third-order valence-electron chi connectivity index (χ3n) is 2.73. The van der Waals surface area contributed by atoms with Crippen LogP contribution < -0.4 is 0 Å². The van der Waals surface area contributed by atoms with Crippen LogP contribution in [0.25, 0.3) is 0 Å². The van der Waals surface area contributed by atoms with E-state index in [4.69, 9.17) is 0 Å². The van der Waals surface area contributed by atoms with E-state index in [0.717, 1.165) is 22.6 Å². The Labute approximate surface area is 116 Å². The molecule has 1 nitrogen and oxygen atoms in total. The molecule has 0 fully saturated rings. The van der Waals surface area contributed by atoms with E-state index in [2.05, 4.69) is 0 Å². The Kier molecular flexibility index (Phi) is 5.16. The zero-order chi connectivity index (χ0) is 13.5. The molecule has 2 aromatic rings. The van der Waals surface area contributed by atoms with Gasteiger partial charge in [-0.25, -0.2) is 4.39 Å². The van der Waals surface area contributed by atoms with E-state index in [0.29, 0.717) is 6.42 Å². The first-order valence-electron chi connectivity index (χ1n) is 6.22. The van der Waals surface area contributed by atoms with Crippen molar-refractivity contribution in [1.29, 1.82) is 0 Å². The fraction of sp³-hybridized carbons (Fsp3) is 0.188. The number of carbonyl (C=O) groups is 1. The van der Waals surface area contributed by atoms with Crippen molar-refractivity contribution in [2.45, 2.75) is 17.7 Å². The summed E-state index contributed by atoms with van der Waals surface area (Å²) in [5, 5.41) is 0. The van der Waals surface area contributed by atoms with Gasteiger partial charge in [0.15, 0.2) is 5.78 Å². The molecule has 0 heterocycles. The van der Waals surface area contributed by atoms with Gasteiger partial charge in [-0.1, -0.05) is 30.3 Å². The van der Waals surface area contributed by atoms with Gasteiger partial charge in [-0.3, -0.25) is 4.79 Å². The number of halogens is 1. The van der Waals surface area contributed by atoms with E-state index in [9.17, 15) is 9.18 Å². The van der Waals surface area contributed by atoms with E-state index in [1.165, 1.54) is 12.1 Å². The number of thioether (sulfide) groups is 1. The molecule has 0 unspecified atom stereocenters. The lowest BCUT2D eigenvalue weighted by Gasteiger charge is -2.02. The highest BCUT2D eigenvalue weighted by molar-refractivity contribution is 7.99. The van der Waals surface area contributed by atoms with Gasteiger partial charge >= 0.3 is 0 Å². The third kappa shape index (κ3) is 4.52. The lowest BCUT2D eigenvalue weighted by Crippen LogP contribution is -1.99. The van der Waals surface area contributed by atoms with Gasteiger partial charge in [0.05, 0.1) is 0 Å². The topological polar surface area (TPSA) is 17.1 Å². The lowest BCUT2D eigenvalue weighted by atomic mass is 10.1.